The molecule has 4 rings (SSSR count). The lowest BCUT2D eigenvalue weighted by Crippen LogP contribution is -2.52. The summed E-state index contributed by atoms with van der Waals surface area (Å²) in [6, 6.07) is 4.03. The number of thioether (sulfide) groups is 1. The summed E-state index contributed by atoms with van der Waals surface area (Å²) in [5.74, 6) is -0.200. The lowest BCUT2D eigenvalue weighted by Gasteiger charge is -2.46. The summed E-state index contributed by atoms with van der Waals surface area (Å²) in [5, 5.41) is 13.5. The molecule has 0 fully saturated rings. The summed E-state index contributed by atoms with van der Waals surface area (Å²) < 4.78 is 67.0. The SMILES string of the molecule is CCCCCCC(C)(CC(C1=CC23SC=CC2=CC=CC3=N1)(C(O)CCCC)C(F)(F)F)c1cc(F)ccc1OC. The van der Waals surface area contributed by atoms with Crippen LogP contribution in [0.5, 0.6) is 5.75 Å². The van der Waals surface area contributed by atoms with Gasteiger partial charge in [-0.05, 0) is 66.0 Å². The van der Waals surface area contributed by atoms with Crippen LogP contribution < -0.4 is 4.74 Å². The molecule has 41 heavy (non-hydrogen) atoms. The Morgan fingerprint density at radius 2 is 1.83 bits per heavy atom. The number of allylic oxidation sites excluding steroid dienone is 4. The zero-order chi connectivity index (χ0) is 29.9. The molecule has 0 radical (unpaired) electrons. The van der Waals surface area contributed by atoms with Gasteiger partial charge in [0.15, 0.2) is 0 Å². The summed E-state index contributed by atoms with van der Waals surface area (Å²) in [5.41, 5.74) is -2.23. The van der Waals surface area contributed by atoms with Gasteiger partial charge in [0.1, 0.15) is 21.7 Å². The first kappa shape index (κ1) is 31.6. The summed E-state index contributed by atoms with van der Waals surface area (Å²) >= 11 is 1.42. The van der Waals surface area contributed by atoms with Crippen LogP contribution in [0.1, 0.15) is 84.1 Å². The van der Waals surface area contributed by atoms with Gasteiger partial charge in [0.05, 0.1) is 24.6 Å². The maximum atomic E-state index is 15.8. The van der Waals surface area contributed by atoms with Crippen molar-refractivity contribution in [2.75, 3.05) is 7.11 Å². The monoisotopic (exact) mass is 591 g/mol. The molecule has 224 valence electrons. The number of ether oxygens (including phenoxy) is 1. The standard InChI is InChI=1S/C33H41F4NO2S/c1-5-7-9-10-18-30(3,25-20-24(34)15-16-26(25)40-4)22-31(33(35,36)37,29(39)14-8-6-2)28-21-32-23(17-19-41-32)12-11-13-27(32)38-28/h11-13,15-17,19-21,29,39H,5-10,14,18,22H2,1-4H3. The van der Waals surface area contributed by atoms with Crippen LogP contribution in [-0.4, -0.2) is 35.0 Å². The van der Waals surface area contributed by atoms with Crippen molar-refractivity contribution in [1.82, 2.24) is 0 Å². The Balaban J connectivity index is 1.93. The van der Waals surface area contributed by atoms with E-state index in [9.17, 15) is 9.50 Å². The molecule has 0 saturated carbocycles. The van der Waals surface area contributed by atoms with Crippen LogP contribution in [0, 0.1) is 11.2 Å². The van der Waals surface area contributed by atoms with Crippen molar-refractivity contribution in [3.8, 4) is 5.75 Å². The Bertz CT molecular complexity index is 1270. The van der Waals surface area contributed by atoms with E-state index in [-0.39, 0.29) is 12.1 Å². The molecule has 4 atom stereocenters. The number of methoxy groups -OCH3 is 1. The molecule has 0 bridgehead atoms. The molecule has 1 aliphatic carbocycles. The van der Waals surface area contributed by atoms with E-state index in [4.69, 9.17) is 4.74 Å². The van der Waals surface area contributed by atoms with Crippen LogP contribution in [0.3, 0.4) is 0 Å². The van der Waals surface area contributed by atoms with E-state index in [0.717, 1.165) is 24.8 Å². The second kappa shape index (κ2) is 12.5. The molecule has 0 aromatic heterocycles. The molecular formula is C33H41F4NO2S. The minimum absolute atomic E-state index is 0.0265. The minimum Gasteiger partial charge on any atom is -0.496 e. The van der Waals surface area contributed by atoms with Gasteiger partial charge in [0.2, 0.25) is 0 Å². The molecule has 4 unspecified atom stereocenters. The largest absolute Gasteiger partial charge is 0.496 e. The molecule has 8 heteroatoms. The van der Waals surface area contributed by atoms with Crippen LogP contribution >= 0.6 is 11.8 Å². The maximum Gasteiger partial charge on any atom is 0.402 e. The number of halogens is 4. The van der Waals surface area contributed by atoms with E-state index < -0.39 is 40.1 Å². The number of nitrogens with zero attached hydrogens (tertiary/aromatic N) is 1. The summed E-state index contributed by atoms with van der Waals surface area (Å²) in [6.07, 6.45) is 6.78. The summed E-state index contributed by atoms with van der Waals surface area (Å²) in [7, 11) is 1.45. The molecule has 0 amide bonds. The first-order valence-electron chi connectivity index (χ1n) is 14.6. The zero-order valence-corrected chi connectivity index (χ0v) is 25.2. The minimum atomic E-state index is -4.84. The van der Waals surface area contributed by atoms with Gasteiger partial charge in [0.25, 0.3) is 0 Å². The fraction of sp³-hybridized carbons (Fsp3) is 0.545. The number of aliphatic hydroxyl groups is 1. The van der Waals surface area contributed by atoms with Crippen molar-refractivity contribution in [3.05, 3.63) is 76.6 Å². The van der Waals surface area contributed by atoms with E-state index >= 15 is 13.2 Å². The number of aliphatic hydroxyl groups excluding tert-OH is 1. The molecule has 1 aromatic carbocycles. The van der Waals surface area contributed by atoms with Crippen molar-refractivity contribution in [2.24, 2.45) is 10.4 Å². The van der Waals surface area contributed by atoms with E-state index in [1.807, 2.05) is 24.5 Å². The van der Waals surface area contributed by atoms with Crippen LogP contribution in [0.25, 0.3) is 0 Å². The van der Waals surface area contributed by atoms with Crippen molar-refractivity contribution in [1.29, 1.82) is 0 Å². The number of rotatable bonds is 14. The van der Waals surface area contributed by atoms with Gasteiger partial charge in [-0.1, -0.05) is 77.5 Å². The van der Waals surface area contributed by atoms with Gasteiger partial charge in [-0.3, -0.25) is 4.99 Å². The Morgan fingerprint density at radius 3 is 2.51 bits per heavy atom. The van der Waals surface area contributed by atoms with Gasteiger partial charge in [-0.2, -0.15) is 13.2 Å². The Kier molecular flexibility index (Phi) is 9.64. The molecule has 1 spiro atoms. The molecule has 2 heterocycles. The molecule has 1 aromatic rings. The lowest BCUT2D eigenvalue weighted by molar-refractivity contribution is -0.248. The fourth-order valence-electron chi connectivity index (χ4n) is 6.54. The molecule has 3 nitrogen and oxygen atoms in total. The van der Waals surface area contributed by atoms with Gasteiger partial charge in [0, 0.05) is 5.56 Å². The number of hydrogen-bond acceptors (Lipinski definition) is 4. The smallest absolute Gasteiger partial charge is 0.402 e. The second-order valence-corrected chi connectivity index (χ2v) is 12.8. The average molecular weight is 592 g/mol. The molecule has 2 aliphatic heterocycles. The Labute approximate surface area is 245 Å². The van der Waals surface area contributed by atoms with Crippen LogP contribution in [0.2, 0.25) is 0 Å². The number of benzene rings is 1. The van der Waals surface area contributed by atoms with Crippen molar-refractivity contribution < 1.29 is 27.4 Å². The fourth-order valence-corrected chi connectivity index (χ4v) is 7.66. The van der Waals surface area contributed by atoms with Gasteiger partial charge in [-0.15, -0.1) is 11.8 Å². The maximum absolute atomic E-state index is 15.8. The first-order chi connectivity index (χ1) is 19.5. The molecule has 0 saturated heterocycles. The van der Waals surface area contributed by atoms with Gasteiger partial charge < -0.3 is 9.84 Å². The van der Waals surface area contributed by atoms with E-state index in [0.29, 0.717) is 42.7 Å². The number of alkyl halides is 3. The third-order valence-electron chi connectivity index (χ3n) is 8.85. The second-order valence-electron chi connectivity index (χ2n) is 11.7. The first-order valence-corrected chi connectivity index (χ1v) is 15.5. The molecule has 1 N–H and O–H groups in total. The highest BCUT2D eigenvalue weighted by molar-refractivity contribution is 8.05. The Hall–Kier alpha value is -2.32. The van der Waals surface area contributed by atoms with Crippen LogP contribution in [0.15, 0.2) is 70.2 Å². The summed E-state index contributed by atoms with van der Waals surface area (Å²) in [6.45, 7) is 5.72. The third kappa shape index (κ3) is 5.83. The lowest BCUT2D eigenvalue weighted by atomic mass is 9.61. The normalized spacial score (nSPS) is 23.2. The molecular weight excluding hydrogens is 550 g/mol. The highest BCUT2D eigenvalue weighted by Crippen LogP contribution is 2.61. The van der Waals surface area contributed by atoms with Crippen molar-refractivity contribution in [3.63, 3.8) is 0 Å². The van der Waals surface area contributed by atoms with Crippen molar-refractivity contribution >= 4 is 17.5 Å². The van der Waals surface area contributed by atoms with Crippen LogP contribution in [-0.2, 0) is 5.41 Å². The predicted molar refractivity (Wildman–Crippen MR) is 160 cm³/mol. The quantitative estimate of drug-likeness (QED) is 0.173. The van der Waals surface area contributed by atoms with Crippen LogP contribution in [0.4, 0.5) is 17.6 Å². The topological polar surface area (TPSA) is 41.8 Å². The number of unbranched alkanes of at least 4 members (excludes halogenated alkanes) is 4. The van der Waals surface area contributed by atoms with E-state index in [1.54, 1.807) is 25.2 Å². The number of hydrogen-bond donors (Lipinski definition) is 1. The van der Waals surface area contributed by atoms with E-state index in [2.05, 4.69) is 11.9 Å². The van der Waals surface area contributed by atoms with Gasteiger partial charge >= 0.3 is 6.18 Å². The third-order valence-corrected chi connectivity index (χ3v) is 10.1. The highest BCUT2D eigenvalue weighted by atomic mass is 32.2. The molecule has 3 aliphatic rings. The zero-order valence-electron chi connectivity index (χ0n) is 24.4. The highest BCUT2D eigenvalue weighted by Gasteiger charge is 2.65. The summed E-state index contributed by atoms with van der Waals surface area (Å²) in [4.78, 5) is 4.66. The van der Waals surface area contributed by atoms with Gasteiger partial charge in [-0.25, -0.2) is 4.39 Å². The van der Waals surface area contributed by atoms with E-state index in [1.165, 1.54) is 37.1 Å². The predicted octanol–water partition coefficient (Wildman–Crippen LogP) is 9.39. The van der Waals surface area contributed by atoms with Crippen molar-refractivity contribution in [2.45, 2.75) is 101 Å². The average Bonchev–Trinajstić information content (AvgIpc) is 3.54. The number of aliphatic imine (C=N–C) groups is 1. The Morgan fingerprint density at radius 1 is 1.07 bits per heavy atom.